The van der Waals surface area contributed by atoms with E-state index in [1.807, 2.05) is 18.2 Å². The fourth-order valence-corrected chi connectivity index (χ4v) is 4.96. The molecular weight excluding hydrogens is 340 g/mol. The third-order valence-electron chi connectivity index (χ3n) is 4.96. The molecule has 7 heteroatoms. The first-order valence-electron chi connectivity index (χ1n) is 8.81. The molecule has 0 bridgehead atoms. The first kappa shape index (κ1) is 18.5. The largest absolute Gasteiger partial charge is 0.497 e. The average Bonchev–Trinajstić information content (AvgIpc) is 2.56. The smallest absolute Gasteiger partial charge is 0.214 e. The van der Waals surface area contributed by atoms with Crippen LogP contribution in [0, 0.1) is 5.41 Å². The van der Waals surface area contributed by atoms with E-state index in [9.17, 15) is 8.42 Å². The minimum atomic E-state index is -3.42. The Labute approximate surface area is 150 Å². The number of benzene rings is 1. The molecule has 2 aliphatic rings. The van der Waals surface area contributed by atoms with Gasteiger partial charge < -0.3 is 14.8 Å². The van der Waals surface area contributed by atoms with Gasteiger partial charge in [0.05, 0.1) is 31.6 Å². The third-order valence-corrected chi connectivity index (χ3v) is 6.42. The highest BCUT2D eigenvalue weighted by Crippen LogP contribution is 2.34. The monoisotopic (exact) mass is 368 g/mol. The fourth-order valence-electron chi connectivity index (χ4n) is 3.44. The van der Waals surface area contributed by atoms with E-state index in [4.69, 9.17) is 9.47 Å². The van der Waals surface area contributed by atoms with Crippen LogP contribution in [0.4, 0.5) is 5.69 Å². The molecule has 0 amide bonds. The van der Waals surface area contributed by atoms with Crippen molar-refractivity contribution in [1.82, 2.24) is 4.72 Å². The number of methoxy groups -OCH3 is 1. The highest BCUT2D eigenvalue weighted by molar-refractivity contribution is 7.89. The van der Waals surface area contributed by atoms with Crippen molar-refractivity contribution in [2.45, 2.75) is 45.3 Å². The van der Waals surface area contributed by atoms with Crippen LogP contribution in [-0.4, -0.2) is 40.5 Å². The molecule has 6 nitrogen and oxygen atoms in total. The number of ether oxygens (including phenoxy) is 2. The van der Waals surface area contributed by atoms with Gasteiger partial charge in [0.1, 0.15) is 5.75 Å². The van der Waals surface area contributed by atoms with Gasteiger partial charge in [-0.2, -0.15) is 0 Å². The lowest BCUT2D eigenvalue weighted by molar-refractivity contribution is -0.0371. The molecule has 25 heavy (non-hydrogen) atoms. The number of nitrogens with one attached hydrogen (secondary N) is 2. The second-order valence-corrected chi connectivity index (χ2v) is 9.55. The van der Waals surface area contributed by atoms with E-state index in [1.165, 1.54) is 0 Å². The molecule has 1 fully saturated rings. The van der Waals surface area contributed by atoms with Crippen LogP contribution < -0.4 is 14.8 Å². The molecule has 1 aromatic rings. The molecular formula is C18H28N2O4S. The van der Waals surface area contributed by atoms with Crippen molar-refractivity contribution in [2.75, 3.05) is 31.3 Å². The summed E-state index contributed by atoms with van der Waals surface area (Å²) < 4.78 is 39.2. The summed E-state index contributed by atoms with van der Waals surface area (Å²) in [5, 5.41) is 3.30. The number of hydrogen-bond acceptors (Lipinski definition) is 5. The van der Waals surface area contributed by atoms with Crippen molar-refractivity contribution in [3.63, 3.8) is 0 Å². The zero-order valence-corrected chi connectivity index (χ0v) is 16.0. The minimum Gasteiger partial charge on any atom is -0.497 e. The lowest BCUT2D eigenvalue weighted by Gasteiger charge is -2.35. The normalized spacial score (nSPS) is 25.7. The molecule has 1 aromatic carbocycles. The number of anilines is 1. The van der Waals surface area contributed by atoms with Gasteiger partial charge in [0.2, 0.25) is 10.0 Å². The summed E-state index contributed by atoms with van der Waals surface area (Å²) in [4.78, 5) is 0. The van der Waals surface area contributed by atoms with Gasteiger partial charge in [-0.25, -0.2) is 13.1 Å². The van der Waals surface area contributed by atoms with Crippen molar-refractivity contribution < 1.29 is 17.9 Å². The number of hydrogen-bond donors (Lipinski definition) is 2. The lowest BCUT2D eigenvalue weighted by Crippen LogP contribution is -2.41. The average molecular weight is 368 g/mol. The molecule has 2 N–H and O–H groups in total. The van der Waals surface area contributed by atoms with Gasteiger partial charge in [0, 0.05) is 12.2 Å². The van der Waals surface area contributed by atoms with Gasteiger partial charge in [-0.3, -0.25) is 0 Å². The van der Waals surface area contributed by atoms with Gasteiger partial charge in [-0.05, 0) is 48.4 Å². The Kier molecular flexibility index (Phi) is 5.27. The van der Waals surface area contributed by atoms with Crippen LogP contribution in [0.3, 0.4) is 0 Å². The Balaban J connectivity index is 1.68. The molecule has 2 atom stereocenters. The maximum Gasteiger partial charge on any atom is 0.214 e. The molecule has 3 rings (SSSR count). The van der Waals surface area contributed by atoms with E-state index < -0.39 is 10.0 Å². The van der Waals surface area contributed by atoms with E-state index in [0.29, 0.717) is 13.0 Å². The zero-order valence-electron chi connectivity index (χ0n) is 15.2. The van der Waals surface area contributed by atoms with Crippen LogP contribution in [0.2, 0.25) is 0 Å². The van der Waals surface area contributed by atoms with Gasteiger partial charge in [0.25, 0.3) is 0 Å². The molecule has 0 aliphatic carbocycles. The first-order chi connectivity index (χ1) is 11.8. The summed E-state index contributed by atoms with van der Waals surface area (Å²) >= 11 is 0. The van der Waals surface area contributed by atoms with Crippen molar-refractivity contribution in [1.29, 1.82) is 0 Å². The summed E-state index contributed by atoms with van der Waals surface area (Å²) in [7, 11) is -1.81. The molecule has 2 unspecified atom stereocenters. The fraction of sp³-hybridized carbons (Fsp3) is 0.667. The summed E-state index contributed by atoms with van der Waals surface area (Å²) in [6, 6.07) is 5.46. The maximum atomic E-state index is 12.6. The summed E-state index contributed by atoms with van der Waals surface area (Å²) in [5.41, 5.74) is 2.02. The topological polar surface area (TPSA) is 76.7 Å². The van der Waals surface area contributed by atoms with Gasteiger partial charge in [0.15, 0.2) is 0 Å². The van der Waals surface area contributed by atoms with Crippen LogP contribution in [-0.2, 0) is 14.8 Å². The summed E-state index contributed by atoms with van der Waals surface area (Å²) in [6.07, 6.45) is 2.25. The predicted octanol–water partition coefficient (Wildman–Crippen LogP) is 2.68. The standard InChI is InChI=1S/C18H28N2O4S/c1-18(2)8-6-14(24-12-18)11-25(21,22)20-17-7-9-19-16-5-4-13(23-3)10-15(16)17/h4-5,10,14,17,19-20H,6-9,11-12H2,1-3H3. The van der Waals surface area contributed by atoms with Crippen molar-refractivity contribution >= 4 is 15.7 Å². The first-order valence-corrected chi connectivity index (χ1v) is 10.5. The van der Waals surface area contributed by atoms with Crippen LogP contribution in [0.15, 0.2) is 18.2 Å². The Morgan fingerprint density at radius 2 is 2.16 bits per heavy atom. The minimum absolute atomic E-state index is 0.0201. The van der Waals surface area contributed by atoms with Crippen LogP contribution in [0.25, 0.3) is 0 Å². The van der Waals surface area contributed by atoms with Crippen molar-refractivity contribution in [3.05, 3.63) is 23.8 Å². The van der Waals surface area contributed by atoms with E-state index in [1.54, 1.807) is 7.11 Å². The van der Waals surface area contributed by atoms with Crippen molar-refractivity contribution in [2.24, 2.45) is 5.41 Å². The second-order valence-electron chi connectivity index (χ2n) is 7.76. The van der Waals surface area contributed by atoms with E-state index in [2.05, 4.69) is 23.9 Å². The van der Waals surface area contributed by atoms with Crippen LogP contribution >= 0.6 is 0 Å². The van der Waals surface area contributed by atoms with E-state index >= 15 is 0 Å². The predicted molar refractivity (Wildman–Crippen MR) is 98.5 cm³/mol. The van der Waals surface area contributed by atoms with Crippen LogP contribution in [0.1, 0.15) is 44.7 Å². The lowest BCUT2D eigenvalue weighted by atomic mass is 9.86. The van der Waals surface area contributed by atoms with Crippen LogP contribution in [0.5, 0.6) is 5.75 Å². The summed E-state index contributed by atoms with van der Waals surface area (Å²) in [6.45, 7) is 5.64. The number of rotatable bonds is 5. The molecule has 0 spiro atoms. The Morgan fingerprint density at radius 1 is 1.36 bits per heavy atom. The zero-order chi connectivity index (χ0) is 18.1. The van der Waals surface area contributed by atoms with E-state index in [-0.39, 0.29) is 23.3 Å². The Hall–Kier alpha value is -1.31. The second kappa shape index (κ2) is 7.13. The Bertz CT molecular complexity index is 708. The van der Waals surface area contributed by atoms with Gasteiger partial charge in [-0.15, -0.1) is 0 Å². The summed E-state index contributed by atoms with van der Waals surface area (Å²) in [5.74, 6) is 0.747. The molecule has 140 valence electrons. The van der Waals surface area contributed by atoms with E-state index in [0.717, 1.165) is 36.4 Å². The highest BCUT2D eigenvalue weighted by atomic mass is 32.2. The molecule has 0 aromatic heterocycles. The van der Waals surface area contributed by atoms with Gasteiger partial charge in [-0.1, -0.05) is 13.8 Å². The Morgan fingerprint density at radius 3 is 2.84 bits per heavy atom. The highest BCUT2D eigenvalue weighted by Gasteiger charge is 2.32. The van der Waals surface area contributed by atoms with Gasteiger partial charge >= 0.3 is 0 Å². The molecule has 2 heterocycles. The third kappa shape index (κ3) is 4.65. The number of fused-ring (bicyclic) bond motifs is 1. The molecule has 1 saturated heterocycles. The maximum absolute atomic E-state index is 12.6. The molecule has 0 saturated carbocycles. The quantitative estimate of drug-likeness (QED) is 0.836. The molecule has 0 radical (unpaired) electrons. The SMILES string of the molecule is COc1ccc2c(c1)C(NS(=O)(=O)CC1CCC(C)(C)CO1)CCN2. The van der Waals surface area contributed by atoms with Crippen molar-refractivity contribution in [3.8, 4) is 5.75 Å². The molecule has 2 aliphatic heterocycles. The number of sulfonamides is 1.